The number of carbonyl (C=O) groups excluding carboxylic acids is 1. The fourth-order valence-electron chi connectivity index (χ4n) is 2.60. The molecule has 0 bridgehead atoms. The predicted molar refractivity (Wildman–Crippen MR) is 92.6 cm³/mol. The fourth-order valence-corrected chi connectivity index (χ4v) is 2.60. The standard InChI is InChI=1S/C17H16N6O2/c1-8-3-4-11(24)9(2)12(8)14-13(18)15(16(19)25)23-17(22-14)10-5-6-20-21-7-10/h3-7,24H,18H2,1-2H3,(H2,19,25). The van der Waals surface area contributed by atoms with Crippen LogP contribution in [-0.4, -0.2) is 31.2 Å². The number of nitrogens with two attached hydrogens (primary N) is 2. The number of hydrogen-bond acceptors (Lipinski definition) is 7. The van der Waals surface area contributed by atoms with Crippen molar-refractivity contribution in [2.45, 2.75) is 13.8 Å². The van der Waals surface area contributed by atoms with Gasteiger partial charge in [-0.05, 0) is 31.5 Å². The number of benzene rings is 1. The third-order valence-corrected chi connectivity index (χ3v) is 3.90. The molecular weight excluding hydrogens is 320 g/mol. The monoisotopic (exact) mass is 336 g/mol. The Morgan fingerprint density at radius 2 is 1.88 bits per heavy atom. The van der Waals surface area contributed by atoms with E-state index >= 15 is 0 Å². The van der Waals surface area contributed by atoms with Crippen molar-refractivity contribution in [2.24, 2.45) is 5.73 Å². The number of phenols is 1. The Labute approximate surface area is 143 Å². The second-order valence-electron chi connectivity index (χ2n) is 5.56. The minimum absolute atomic E-state index is 0.0649. The molecule has 0 unspecified atom stereocenters. The SMILES string of the molecule is Cc1ccc(O)c(C)c1-c1nc(-c2ccnnc2)nc(C(N)=O)c1N. The summed E-state index contributed by atoms with van der Waals surface area (Å²) in [5.74, 6) is -0.415. The Hall–Kier alpha value is -3.55. The first-order chi connectivity index (χ1) is 11.9. The topological polar surface area (TPSA) is 141 Å². The number of nitrogen functional groups attached to an aromatic ring is 1. The van der Waals surface area contributed by atoms with Crippen LogP contribution in [0.25, 0.3) is 22.6 Å². The predicted octanol–water partition coefficient (Wildman–Crippen LogP) is 1.60. The highest BCUT2D eigenvalue weighted by Gasteiger charge is 2.21. The van der Waals surface area contributed by atoms with Crippen LogP contribution in [0.2, 0.25) is 0 Å². The summed E-state index contributed by atoms with van der Waals surface area (Å²) in [6.07, 6.45) is 2.96. The maximum absolute atomic E-state index is 11.8. The van der Waals surface area contributed by atoms with Gasteiger partial charge >= 0.3 is 0 Å². The number of aromatic nitrogens is 4. The maximum Gasteiger partial charge on any atom is 0.269 e. The molecule has 0 spiro atoms. The number of carbonyl (C=O) groups is 1. The number of phenolic OH excluding ortho intramolecular Hbond substituents is 1. The van der Waals surface area contributed by atoms with Crippen molar-refractivity contribution in [1.29, 1.82) is 0 Å². The van der Waals surface area contributed by atoms with E-state index in [9.17, 15) is 9.90 Å². The molecule has 126 valence electrons. The van der Waals surface area contributed by atoms with Gasteiger partial charge in [0.1, 0.15) is 5.75 Å². The van der Waals surface area contributed by atoms with Crippen LogP contribution in [0.5, 0.6) is 5.75 Å². The normalized spacial score (nSPS) is 10.6. The van der Waals surface area contributed by atoms with E-state index in [1.165, 1.54) is 12.4 Å². The van der Waals surface area contributed by atoms with E-state index in [1.54, 1.807) is 25.1 Å². The minimum Gasteiger partial charge on any atom is -0.508 e. The van der Waals surface area contributed by atoms with Crippen LogP contribution in [-0.2, 0) is 0 Å². The van der Waals surface area contributed by atoms with Crippen LogP contribution in [0.1, 0.15) is 21.6 Å². The first-order valence-corrected chi connectivity index (χ1v) is 7.44. The molecule has 3 aromatic rings. The average Bonchev–Trinajstić information content (AvgIpc) is 2.60. The highest BCUT2D eigenvalue weighted by Crippen LogP contribution is 2.36. The molecule has 2 aromatic heterocycles. The van der Waals surface area contributed by atoms with Crippen LogP contribution in [0.3, 0.4) is 0 Å². The largest absolute Gasteiger partial charge is 0.508 e. The van der Waals surface area contributed by atoms with Gasteiger partial charge in [0.25, 0.3) is 5.91 Å². The van der Waals surface area contributed by atoms with Gasteiger partial charge in [0.2, 0.25) is 0 Å². The summed E-state index contributed by atoms with van der Waals surface area (Å²) < 4.78 is 0. The number of primary amides is 1. The third-order valence-electron chi connectivity index (χ3n) is 3.90. The first-order valence-electron chi connectivity index (χ1n) is 7.44. The summed E-state index contributed by atoms with van der Waals surface area (Å²) >= 11 is 0. The number of amides is 1. The summed E-state index contributed by atoms with van der Waals surface area (Å²) in [4.78, 5) is 20.5. The van der Waals surface area contributed by atoms with Crippen molar-refractivity contribution in [2.75, 3.05) is 5.73 Å². The van der Waals surface area contributed by atoms with Crippen LogP contribution in [0.4, 0.5) is 5.69 Å². The van der Waals surface area contributed by atoms with Crippen LogP contribution < -0.4 is 11.5 Å². The zero-order chi connectivity index (χ0) is 18.1. The Morgan fingerprint density at radius 3 is 2.52 bits per heavy atom. The molecule has 0 fully saturated rings. The number of rotatable bonds is 3. The number of nitrogens with zero attached hydrogens (tertiary/aromatic N) is 4. The van der Waals surface area contributed by atoms with Gasteiger partial charge in [-0.25, -0.2) is 9.97 Å². The smallest absolute Gasteiger partial charge is 0.269 e. The summed E-state index contributed by atoms with van der Waals surface area (Å²) in [7, 11) is 0. The third kappa shape index (κ3) is 2.85. The highest BCUT2D eigenvalue weighted by atomic mass is 16.3. The molecular formula is C17H16N6O2. The number of anilines is 1. The van der Waals surface area contributed by atoms with Gasteiger partial charge in [0.05, 0.1) is 23.8 Å². The van der Waals surface area contributed by atoms with E-state index in [2.05, 4.69) is 20.2 Å². The Morgan fingerprint density at radius 1 is 1.12 bits per heavy atom. The average molecular weight is 336 g/mol. The van der Waals surface area contributed by atoms with Crippen LogP contribution >= 0.6 is 0 Å². The molecule has 25 heavy (non-hydrogen) atoms. The van der Waals surface area contributed by atoms with Gasteiger partial charge in [0, 0.05) is 16.7 Å². The van der Waals surface area contributed by atoms with Crippen molar-refractivity contribution in [3.05, 3.63) is 47.4 Å². The van der Waals surface area contributed by atoms with Crippen molar-refractivity contribution in [1.82, 2.24) is 20.2 Å². The van der Waals surface area contributed by atoms with Gasteiger partial charge < -0.3 is 16.6 Å². The van der Waals surface area contributed by atoms with E-state index in [-0.39, 0.29) is 23.0 Å². The van der Waals surface area contributed by atoms with E-state index in [0.29, 0.717) is 22.4 Å². The molecule has 0 aliphatic rings. The van der Waals surface area contributed by atoms with Gasteiger partial charge in [-0.1, -0.05) is 6.07 Å². The Bertz CT molecular complexity index is 973. The lowest BCUT2D eigenvalue weighted by Crippen LogP contribution is -2.18. The van der Waals surface area contributed by atoms with E-state index in [4.69, 9.17) is 11.5 Å². The second kappa shape index (κ2) is 6.16. The molecule has 5 N–H and O–H groups in total. The zero-order valence-electron chi connectivity index (χ0n) is 13.7. The molecule has 3 rings (SSSR count). The van der Waals surface area contributed by atoms with E-state index in [1.807, 2.05) is 6.92 Å². The van der Waals surface area contributed by atoms with E-state index < -0.39 is 5.91 Å². The quantitative estimate of drug-likeness (QED) is 0.659. The molecule has 0 saturated carbocycles. The van der Waals surface area contributed by atoms with Crippen molar-refractivity contribution in [3.63, 3.8) is 0 Å². The van der Waals surface area contributed by atoms with Gasteiger partial charge in [0.15, 0.2) is 11.5 Å². The van der Waals surface area contributed by atoms with Crippen LogP contribution in [0, 0.1) is 13.8 Å². The lowest BCUT2D eigenvalue weighted by Gasteiger charge is -2.15. The molecule has 8 heteroatoms. The molecule has 1 amide bonds. The van der Waals surface area contributed by atoms with Crippen molar-refractivity contribution < 1.29 is 9.90 Å². The molecule has 0 aliphatic carbocycles. The first kappa shape index (κ1) is 16.3. The summed E-state index contributed by atoms with van der Waals surface area (Å²) in [6, 6.07) is 5.00. The van der Waals surface area contributed by atoms with Crippen molar-refractivity contribution in [3.8, 4) is 28.4 Å². The Kier molecular flexibility index (Phi) is 4.02. The minimum atomic E-state index is -0.764. The maximum atomic E-state index is 11.8. The molecule has 1 aromatic carbocycles. The Balaban J connectivity index is 2.36. The summed E-state index contributed by atoms with van der Waals surface area (Å²) in [6.45, 7) is 3.61. The number of hydrogen-bond donors (Lipinski definition) is 3. The summed E-state index contributed by atoms with van der Waals surface area (Å²) in [5, 5.41) is 17.6. The number of aryl methyl sites for hydroxylation is 1. The molecule has 0 aliphatic heterocycles. The molecule has 2 heterocycles. The zero-order valence-corrected chi connectivity index (χ0v) is 13.7. The fraction of sp³-hybridized carbons (Fsp3) is 0.118. The second-order valence-corrected chi connectivity index (χ2v) is 5.56. The molecule has 0 saturated heterocycles. The highest BCUT2D eigenvalue weighted by molar-refractivity contribution is 6.00. The lowest BCUT2D eigenvalue weighted by molar-refractivity contribution is 0.0996. The molecule has 0 atom stereocenters. The number of aromatic hydroxyl groups is 1. The molecule has 8 nitrogen and oxygen atoms in total. The van der Waals surface area contributed by atoms with E-state index in [0.717, 1.165) is 5.56 Å². The van der Waals surface area contributed by atoms with Gasteiger partial charge in [-0.15, -0.1) is 0 Å². The van der Waals surface area contributed by atoms with Crippen LogP contribution in [0.15, 0.2) is 30.6 Å². The lowest BCUT2D eigenvalue weighted by atomic mass is 9.97. The molecule has 0 radical (unpaired) electrons. The van der Waals surface area contributed by atoms with Crippen molar-refractivity contribution >= 4 is 11.6 Å². The van der Waals surface area contributed by atoms with Gasteiger partial charge in [-0.2, -0.15) is 10.2 Å². The van der Waals surface area contributed by atoms with Gasteiger partial charge in [-0.3, -0.25) is 4.79 Å². The summed E-state index contributed by atoms with van der Waals surface area (Å²) in [5.41, 5.74) is 14.5.